The van der Waals surface area contributed by atoms with Gasteiger partial charge in [-0.2, -0.15) is 0 Å². The number of phosphoric acid groups is 2. The highest BCUT2D eigenvalue weighted by Crippen LogP contribution is 2.45. The van der Waals surface area contributed by atoms with Crippen molar-refractivity contribution in [1.82, 2.24) is 0 Å². The van der Waals surface area contributed by atoms with Crippen LogP contribution < -0.4 is 0 Å². The van der Waals surface area contributed by atoms with Crippen LogP contribution in [0.2, 0.25) is 0 Å². The number of aliphatic hydroxyl groups is 1. The lowest BCUT2D eigenvalue weighted by molar-refractivity contribution is -0.161. The number of hydrogen-bond acceptors (Lipinski definition) is 15. The van der Waals surface area contributed by atoms with Crippen LogP contribution in [0.4, 0.5) is 0 Å². The largest absolute Gasteiger partial charge is 0.472 e. The molecule has 0 spiro atoms. The lowest BCUT2D eigenvalue weighted by atomic mass is 10.0. The molecule has 108 heavy (non-hydrogen) atoms. The molecule has 614 valence electrons. The number of phosphoric ester groups is 2. The molecule has 0 aliphatic rings. The minimum Gasteiger partial charge on any atom is -0.462 e. The first kappa shape index (κ1) is 102. The third-order valence-electron chi connectivity index (χ3n) is 16.7. The average Bonchev–Trinajstić information content (AvgIpc) is 0.892. The van der Waals surface area contributed by atoms with Crippen molar-refractivity contribution in [2.24, 2.45) is 0 Å². The molecule has 0 amide bonds. The molecule has 0 aliphatic heterocycles. The van der Waals surface area contributed by atoms with Crippen molar-refractivity contribution in [2.75, 3.05) is 39.6 Å². The molecular weight excluding hydrogens is 1400 g/mol. The van der Waals surface area contributed by atoms with Crippen LogP contribution in [0.5, 0.6) is 0 Å². The maximum atomic E-state index is 13.1. The van der Waals surface area contributed by atoms with Crippen molar-refractivity contribution >= 4 is 39.5 Å². The van der Waals surface area contributed by atoms with Gasteiger partial charge in [-0.25, -0.2) is 9.13 Å². The molecule has 0 saturated heterocycles. The Labute approximate surface area is 654 Å². The standard InChI is InChI=1S/C89H146O17P2/c1-5-9-13-17-21-25-29-33-36-39-41-44-47-51-54-58-62-66-70-74-87(92)100-80-85(106-89(94)76-72-68-64-60-56-52-48-45-42-40-37-34-30-26-22-18-14-10-6-2)82-104-108(97,98)102-78-83(90)77-101-107(95,96)103-81-84(105-88(93)75-71-67-63-59-55-49-32-28-24-20-16-12-8-4)79-99-86(91)73-69-65-61-57-53-50-46-43-38-35-31-27-23-19-15-11-7-3/h9,11,13,15,21-23,25-27,33-38,41-42,44-46,50-51,54,57,61-62,66,83-85,90H,5-8,10,12,14,16-20,24,28-32,39-40,43,47-49,52-53,55-56,58-60,63-65,67-82H2,1-4H3,(H,95,96)(H,97,98)/b13-9-,15-11-,25-21-,26-22-,27-23-,36-33-,37-34-,38-35-,44-41-,45-42-,50-46-,54-51-,61-57-,66-62-. The van der Waals surface area contributed by atoms with Gasteiger partial charge in [-0.05, 0) is 141 Å². The van der Waals surface area contributed by atoms with Gasteiger partial charge < -0.3 is 33.8 Å². The lowest BCUT2D eigenvalue weighted by Gasteiger charge is -2.21. The third-order valence-corrected chi connectivity index (χ3v) is 18.6. The second-order valence-corrected chi connectivity index (χ2v) is 29.9. The summed E-state index contributed by atoms with van der Waals surface area (Å²) in [6, 6.07) is 0. The van der Waals surface area contributed by atoms with Crippen molar-refractivity contribution in [3.63, 3.8) is 0 Å². The summed E-state index contributed by atoms with van der Waals surface area (Å²) < 4.78 is 68.6. The number of carbonyl (C=O) groups is 4. The molecule has 0 bridgehead atoms. The fourth-order valence-corrected chi connectivity index (χ4v) is 12.0. The van der Waals surface area contributed by atoms with Crippen LogP contribution in [0.15, 0.2) is 170 Å². The van der Waals surface area contributed by atoms with Crippen LogP contribution in [0, 0.1) is 0 Å². The van der Waals surface area contributed by atoms with Gasteiger partial charge in [0, 0.05) is 25.7 Å². The summed E-state index contributed by atoms with van der Waals surface area (Å²) in [6.45, 7) is 4.46. The minimum atomic E-state index is -5.01. The molecule has 17 nitrogen and oxygen atoms in total. The third kappa shape index (κ3) is 78.5. The molecule has 5 atom stereocenters. The molecule has 0 rings (SSSR count). The minimum absolute atomic E-state index is 0.0268. The predicted molar refractivity (Wildman–Crippen MR) is 445 cm³/mol. The quantitative estimate of drug-likeness (QED) is 0.0169. The maximum absolute atomic E-state index is 13.1. The van der Waals surface area contributed by atoms with Crippen molar-refractivity contribution in [2.45, 2.75) is 329 Å². The molecule has 0 aromatic heterocycles. The number of ether oxygens (including phenoxy) is 4. The maximum Gasteiger partial charge on any atom is 0.472 e. The monoisotopic (exact) mass is 1550 g/mol. The Balaban J connectivity index is 5.50. The second kappa shape index (κ2) is 79.5. The summed E-state index contributed by atoms with van der Waals surface area (Å²) in [4.78, 5) is 73.1. The normalized spacial score (nSPS) is 14.7. The highest BCUT2D eigenvalue weighted by atomic mass is 31.2. The Bertz CT molecular complexity index is 2710. The van der Waals surface area contributed by atoms with E-state index >= 15 is 0 Å². The molecule has 0 aromatic carbocycles. The van der Waals surface area contributed by atoms with Gasteiger partial charge in [0.15, 0.2) is 12.2 Å². The molecule has 3 N–H and O–H groups in total. The summed E-state index contributed by atoms with van der Waals surface area (Å²) in [6.07, 6.45) is 94.9. The van der Waals surface area contributed by atoms with Crippen LogP contribution >= 0.6 is 15.6 Å². The smallest absolute Gasteiger partial charge is 0.462 e. The van der Waals surface area contributed by atoms with E-state index in [-0.39, 0.29) is 25.7 Å². The number of hydrogen-bond donors (Lipinski definition) is 3. The van der Waals surface area contributed by atoms with E-state index < -0.39 is 97.5 Å². The van der Waals surface area contributed by atoms with Gasteiger partial charge in [-0.3, -0.25) is 37.3 Å². The Hall–Kier alpha value is -5.58. The van der Waals surface area contributed by atoms with E-state index in [0.717, 1.165) is 148 Å². The van der Waals surface area contributed by atoms with E-state index in [1.807, 2.05) is 30.4 Å². The zero-order valence-corrected chi connectivity index (χ0v) is 69.0. The molecule has 0 heterocycles. The first-order chi connectivity index (χ1) is 52.7. The van der Waals surface area contributed by atoms with Crippen LogP contribution in [0.25, 0.3) is 0 Å². The number of carbonyl (C=O) groups excluding carboxylic acids is 4. The van der Waals surface area contributed by atoms with Crippen molar-refractivity contribution in [3.05, 3.63) is 170 Å². The van der Waals surface area contributed by atoms with Gasteiger partial charge in [0.25, 0.3) is 0 Å². The van der Waals surface area contributed by atoms with E-state index in [2.05, 4.69) is 167 Å². The van der Waals surface area contributed by atoms with E-state index in [1.54, 1.807) is 0 Å². The number of aliphatic hydroxyl groups excluding tert-OH is 1. The fraction of sp³-hybridized carbons (Fsp3) is 0.640. The first-order valence-electron chi connectivity index (χ1n) is 41.4. The van der Waals surface area contributed by atoms with Gasteiger partial charge in [0.1, 0.15) is 19.3 Å². The Kier molecular flexibility index (Phi) is 75.4. The molecule has 0 fully saturated rings. The van der Waals surface area contributed by atoms with Crippen LogP contribution in [0.1, 0.15) is 310 Å². The number of allylic oxidation sites excluding steroid dienone is 28. The van der Waals surface area contributed by atoms with E-state index in [4.69, 9.17) is 37.0 Å². The topological polar surface area (TPSA) is 237 Å². The van der Waals surface area contributed by atoms with Gasteiger partial charge >= 0.3 is 39.5 Å². The van der Waals surface area contributed by atoms with Gasteiger partial charge in [-0.15, -0.1) is 0 Å². The zero-order chi connectivity index (χ0) is 78.9. The molecule has 0 aliphatic carbocycles. The number of rotatable bonds is 76. The molecule has 0 radical (unpaired) electrons. The SMILES string of the molecule is CC/C=C\C/C=C\C/C=C\C/C=C\C/C=C\C/C=C\CCC(=O)OCC(COP(=O)(O)OCC(O)COP(=O)(O)OCC(COC(=O)CCC/C=C\C/C=C\C/C=C\C/C=C\C/C=C\CC)OC(=O)CCCCCCCCCCCCCCC)OC(=O)CCCCCCCC/C=C\C/C=C\C/C=C\CCCCC. The van der Waals surface area contributed by atoms with Gasteiger partial charge in [0.05, 0.1) is 26.4 Å². The Morgan fingerprint density at radius 2 is 0.509 bits per heavy atom. The van der Waals surface area contributed by atoms with Crippen molar-refractivity contribution in [3.8, 4) is 0 Å². The highest BCUT2D eigenvalue weighted by Gasteiger charge is 2.30. The van der Waals surface area contributed by atoms with Crippen molar-refractivity contribution < 1.29 is 80.2 Å². The summed E-state index contributed by atoms with van der Waals surface area (Å²) >= 11 is 0. The summed E-state index contributed by atoms with van der Waals surface area (Å²) in [5.41, 5.74) is 0. The van der Waals surface area contributed by atoms with Crippen molar-refractivity contribution in [1.29, 1.82) is 0 Å². The molecule has 5 unspecified atom stereocenters. The average molecular weight is 1550 g/mol. The van der Waals surface area contributed by atoms with E-state index in [1.165, 1.54) is 70.6 Å². The van der Waals surface area contributed by atoms with Gasteiger partial charge in [0.2, 0.25) is 0 Å². The lowest BCUT2D eigenvalue weighted by Crippen LogP contribution is -2.30. The summed E-state index contributed by atoms with van der Waals surface area (Å²) in [5.74, 6) is -2.36. The molecule has 19 heteroatoms. The van der Waals surface area contributed by atoms with E-state index in [0.29, 0.717) is 38.5 Å². The summed E-state index contributed by atoms with van der Waals surface area (Å²) in [5, 5.41) is 10.7. The van der Waals surface area contributed by atoms with Crippen LogP contribution in [0.3, 0.4) is 0 Å². The summed E-state index contributed by atoms with van der Waals surface area (Å²) in [7, 11) is -10.0. The molecular formula is C89H146O17P2. The highest BCUT2D eigenvalue weighted by molar-refractivity contribution is 7.47. The Morgan fingerprint density at radius 1 is 0.269 bits per heavy atom. The fourth-order valence-electron chi connectivity index (χ4n) is 10.5. The second-order valence-electron chi connectivity index (χ2n) is 27.0. The predicted octanol–water partition coefficient (Wildman–Crippen LogP) is 24.6. The molecule has 0 aromatic rings. The first-order valence-corrected chi connectivity index (χ1v) is 44.4. The van der Waals surface area contributed by atoms with Crippen LogP contribution in [-0.2, 0) is 65.4 Å². The molecule has 0 saturated carbocycles. The zero-order valence-electron chi connectivity index (χ0n) is 67.2. The number of unbranched alkanes of at least 4 members (excludes halogenated alkanes) is 22. The van der Waals surface area contributed by atoms with E-state index in [9.17, 15) is 43.2 Å². The Morgan fingerprint density at radius 3 is 0.843 bits per heavy atom. The van der Waals surface area contributed by atoms with Crippen LogP contribution in [-0.4, -0.2) is 96.7 Å². The van der Waals surface area contributed by atoms with Gasteiger partial charge in [-0.1, -0.05) is 313 Å². The number of esters is 4.